The Labute approximate surface area is 150 Å². The minimum absolute atomic E-state index is 0.0581. The van der Waals surface area contributed by atoms with Gasteiger partial charge in [-0.1, -0.05) is 31.0 Å². The molecule has 0 aliphatic heterocycles. The fourth-order valence-corrected chi connectivity index (χ4v) is 2.51. The average Bonchev–Trinajstić information content (AvgIpc) is 2.53. The highest BCUT2D eigenvalue weighted by Crippen LogP contribution is 2.32. The van der Waals surface area contributed by atoms with Gasteiger partial charge in [0.15, 0.2) is 5.69 Å². The van der Waals surface area contributed by atoms with E-state index in [1.165, 1.54) is 6.20 Å². The molecule has 25 heavy (non-hydrogen) atoms. The number of benzene rings is 1. The zero-order valence-electron chi connectivity index (χ0n) is 14.1. The molecule has 0 radical (unpaired) electrons. The summed E-state index contributed by atoms with van der Waals surface area (Å²) in [6, 6.07) is 6.62. The van der Waals surface area contributed by atoms with E-state index in [2.05, 4.69) is 15.3 Å². The molecule has 0 bridgehead atoms. The number of hydrogen-bond acceptors (Lipinski definition) is 4. The van der Waals surface area contributed by atoms with Gasteiger partial charge in [0.25, 0.3) is 0 Å². The maximum atomic E-state index is 13.4. The molecule has 0 saturated carbocycles. The van der Waals surface area contributed by atoms with Crippen LogP contribution in [-0.4, -0.2) is 28.5 Å². The fraction of sp³-hybridized carbons (Fsp3) is 0.412. The normalized spacial score (nSPS) is 11.8. The first-order valence-electron chi connectivity index (χ1n) is 7.94. The highest BCUT2D eigenvalue weighted by molar-refractivity contribution is 6.30. The average molecular weight is 373 g/mol. The third kappa shape index (κ3) is 5.86. The third-order valence-corrected chi connectivity index (χ3v) is 3.78. The highest BCUT2D eigenvalue weighted by atomic mass is 35.5. The van der Waals surface area contributed by atoms with E-state index in [1.807, 2.05) is 11.8 Å². The van der Waals surface area contributed by atoms with Crippen molar-refractivity contribution in [3.05, 3.63) is 46.7 Å². The topological polar surface area (TPSA) is 41.1 Å². The zero-order valence-corrected chi connectivity index (χ0v) is 14.8. The molecule has 1 aromatic carbocycles. The second kappa shape index (κ2) is 8.49. The van der Waals surface area contributed by atoms with E-state index in [0.717, 1.165) is 19.4 Å². The van der Waals surface area contributed by atoms with Crippen LogP contribution in [0.4, 0.5) is 24.8 Å². The lowest BCUT2D eigenvalue weighted by molar-refractivity contribution is -0.142. The number of aromatic nitrogens is 2. The Kier molecular flexibility index (Phi) is 6.61. The Hall–Kier alpha value is -1.86. The predicted octanol–water partition coefficient (Wildman–Crippen LogP) is 5.12. The number of rotatable bonds is 7. The zero-order chi connectivity index (χ0) is 18.4. The van der Waals surface area contributed by atoms with Crippen molar-refractivity contribution in [2.45, 2.75) is 32.5 Å². The molecular formula is C17H20ClF3N4. The number of nitrogens with zero attached hydrogens (tertiary/aromatic N) is 3. The Bertz CT molecular complexity index is 707. The third-order valence-electron chi connectivity index (χ3n) is 3.55. The van der Waals surface area contributed by atoms with E-state index < -0.39 is 11.9 Å². The summed E-state index contributed by atoms with van der Waals surface area (Å²) in [5.74, 6) is -0.116. The van der Waals surface area contributed by atoms with Crippen LogP contribution in [0.15, 0.2) is 30.5 Å². The van der Waals surface area contributed by atoms with Crippen LogP contribution in [0.2, 0.25) is 5.02 Å². The first-order valence-corrected chi connectivity index (χ1v) is 8.31. The van der Waals surface area contributed by atoms with Gasteiger partial charge in [-0.05, 0) is 38.2 Å². The minimum Gasteiger partial charge on any atom is -0.324 e. The summed E-state index contributed by atoms with van der Waals surface area (Å²) in [5.41, 5.74) is -0.341. The summed E-state index contributed by atoms with van der Waals surface area (Å²) in [4.78, 5) is 9.54. The van der Waals surface area contributed by atoms with Gasteiger partial charge in [-0.2, -0.15) is 13.2 Å². The summed E-state index contributed by atoms with van der Waals surface area (Å²) in [6.07, 6.45) is -1.41. The van der Waals surface area contributed by atoms with Crippen LogP contribution in [0.5, 0.6) is 0 Å². The molecule has 1 heterocycles. The van der Waals surface area contributed by atoms with Crippen molar-refractivity contribution in [1.29, 1.82) is 0 Å². The lowest BCUT2D eigenvalue weighted by atomic mass is 10.2. The molecule has 4 nitrogen and oxygen atoms in total. The summed E-state index contributed by atoms with van der Waals surface area (Å²) in [5, 5.41) is 3.22. The number of hydrogen-bond donors (Lipinski definition) is 1. The molecule has 0 saturated heterocycles. The lowest BCUT2D eigenvalue weighted by Crippen LogP contribution is -2.23. The van der Waals surface area contributed by atoms with Crippen LogP contribution in [0, 0.1) is 0 Å². The fourth-order valence-electron chi connectivity index (χ4n) is 2.32. The summed E-state index contributed by atoms with van der Waals surface area (Å²) in [6.45, 7) is 2.90. The minimum atomic E-state index is -4.55. The van der Waals surface area contributed by atoms with E-state index in [-0.39, 0.29) is 18.1 Å². The molecule has 1 aromatic heterocycles. The second-order valence-electron chi connectivity index (χ2n) is 5.79. The van der Waals surface area contributed by atoms with Gasteiger partial charge >= 0.3 is 6.18 Å². The number of unbranched alkanes of at least 4 members (excludes halogenated alkanes) is 1. The van der Waals surface area contributed by atoms with Gasteiger partial charge in [-0.25, -0.2) is 9.97 Å². The van der Waals surface area contributed by atoms with Gasteiger partial charge in [0.05, 0.1) is 0 Å². The van der Waals surface area contributed by atoms with Crippen molar-refractivity contribution in [2.24, 2.45) is 0 Å². The predicted molar refractivity (Wildman–Crippen MR) is 93.0 cm³/mol. The molecule has 2 aromatic rings. The molecular weight excluding hydrogens is 353 g/mol. The number of nitrogens with one attached hydrogen (secondary N) is 1. The number of anilines is 2. The van der Waals surface area contributed by atoms with Gasteiger partial charge in [0, 0.05) is 29.0 Å². The number of halogens is 4. The van der Waals surface area contributed by atoms with Gasteiger partial charge < -0.3 is 10.2 Å². The van der Waals surface area contributed by atoms with Crippen LogP contribution < -0.4 is 5.32 Å². The Balaban J connectivity index is 2.24. The van der Waals surface area contributed by atoms with E-state index in [1.54, 1.807) is 31.3 Å². The largest absolute Gasteiger partial charge is 0.433 e. The smallest absolute Gasteiger partial charge is 0.324 e. The monoisotopic (exact) mass is 372 g/mol. The molecule has 0 atom stereocenters. The molecule has 0 aliphatic carbocycles. The quantitative estimate of drug-likeness (QED) is 0.732. The SMILES string of the molecule is CCCCN(C)Cc1cnc(Nc2cccc(Cl)c2)nc1C(F)(F)F. The standard InChI is InChI=1S/C17H20ClF3N4/c1-3-4-8-25(2)11-12-10-22-16(24-15(12)17(19,20)21)23-14-7-5-6-13(18)9-14/h5-7,9-10H,3-4,8,11H2,1-2H3,(H,22,23,24). The molecule has 0 unspecified atom stereocenters. The van der Waals surface area contributed by atoms with E-state index in [9.17, 15) is 13.2 Å². The lowest BCUT2D eigenvalue weighted by Gasteiger charge is -2.19. The van der Waals surface area contributed by atoms with Crippen LogP contribution in [0.25, 0.3) is 0 Å². The van der Waals surface area contributed by atoms with Gasteiger partial charge in [0.2, 0.25) is 5.95 Å². The van der Waals surface area contributed by atoms with Crippen molar-refractivity contribution < 1.29 is 13.2 Å². The van der Waals surface area contributed by atoms with Gasteiger partial charge in [-0.15, -0.1) is 0 Å². The maximum Gasteiger partial charge on any atom is 0.433 e. The Morgan fingerprint density at radius 2 is 2.04 bits per heavy atom. The molecule has 136 valence electrons. The number of alkyl halides is 3. The highest BCUT2D eigenvalue weighted by Gasteiger charge is 2.36. The molecule has 1 N–H and O–H groups in total. The van der Waals surface area contributed by atoms with Crippen molar-refractivity contribution in [2.75, 3.05) is 18.9 Å². The molecule has 0 aliphatic rings. The summed E-state index contributed by atoms with van der Waals surface area (Å²) >= 11 is 5.87. The van der Waals surface area contributed by atoms with Crippen LogP contribution >= 0.6 is 11.6 Å². The van der Waals surface area contributed by atoms with Crippen molar-refractivity contribution in [3.63, 3.8) is 0 Å². The van der Waals surface area contributed by atoms with Crippen LogP contribution in [-0.2, 0) is 12.7 Å². The van der Waals surface area contributed by atoms with Crippen molar-refractivity contribution >= 4 is 23.2 Å². The molecule has 0 amide bonds. The van der Waals surface area contributed by atoms with Gasteiger partial charge in [-0.3, -0.25) is 0 Å². The molecule has 8 heteroatoms. The first kappa shape index (κ1) is 19.5. The Morgan fingerprint density at radius 3 is 2.68 bits per heavy atom. The Morgan fingerprint density at radius 1 is 1.28 bits per heavy atom. The second-order valence-corrected chi connectivity index (χ2v) is 6.23. The summed E-state index contributed by atoms with van der Waals surface area (Å²) < 4.78 is 40.1. The molecule has 0 fully saturated rings. The first-order chi connectivity index (χ1) is 11.8. The van der Waals surface area contributed by atoms with E-state index in [4.69, 9.17) is 11.6 Å². The molecule has 2 rings (SSSR count). The van der Waals surface area contributed by atoms with Gasteiger partial charge in [0.1, 0.15) is 0 Å². The van der Waals surface area contributed by atoms with E-state index >= 15 is 0 Å². The molecule has 0 spiro atoms. The maximum absolute atomic E-state index is 13.4. The van der Waals surface area contributed by atoms with Crippen molar-refractivity contribution in [3.8, 4) is 0 Å². The van der Waals surface area contributed by atoms with Crippen LogP contribution in [0.3, 0.4) is 0 Å². The summed E-state index contributed by atoms with van der Waals surface area (Å²) in [7, 11) is 1.79. The van der Waals surface area contributed by atoms with Crippen LogP contribution in [0.1, 0.15) is 31.0 Å². The van der Waals surface area contributed by atoms with Crippen molar-refractivity contribution in [1.82, 2.24) is 14.9 Å². The van der Waals surface area contributed by atoms with E-state index in [0.29, 0.717) is 10.7 Å².